The molecular formula is C26H35N4O4+. The number of likely N-dealkylation sites (N-methyl/N-ethyl adjacent to an activating group) is 1. The van der Waals surface area contributed by atoms with Gasteiger partial charge in [0, 0.05) is 31.2 Å². The molecule has 0 spiro atoms. The molecule has 4 rings (SSSR count). The van der Waals surface area contributed by atoms with Crippen molar-refractivity contribution in [1.82, 2.24) is 9.97 Å². The fourth-order valence-electron chi connectivity index (χ4n) is 5.54. The Morgan fingerprint density at radius 3 is 2.59 bits per heavy atom. The van der Waals surface area contributed by atoms with Crippen LogP contribution in [-0.4, -0.2) is 64.2 Å². The molecule has 0 bridgehead atoms. The lowest BCUT2D eigenvalue weighted by atomic mass is 9.73. The topological polar surface area (TPSA) is 101 Å². The zero-order valence-corrected chi connectivity index (χ0v) is 19.9. The second-order valence-corrected chi connectivity index (χ2v) is 9.86. The fourth-order valence-corrected chi connectivity index (χ4v) is 5.54. The van der Waals surface area contributed by atoms with Crippen LogP contribution in [0.1, 0.15) is 50.5 Å². The third-order valence-corrected chi connectivity index (χ3v) is 7.55. The average Bonchev–Trinajstić information content (AvgIpc) is 3.23. The van der Waals surface area contributed by atoms with E-state index in [-0.39, 0.29) is 31.0 Å². The molecule has 182 valence electrons. The van der Waals surface area contributed by atoms with Gasteiger partial charge >= 0.3 is 5.97 Å². The number of esters is 1. The molecule has 8 nitrogen and oxygen atoms in total. The quantitative estimate of drug-likeness (QED) is 0.457. The normalized spacial score (nSPS) is 24.8. The SMILES string of the molecule is C[N+]1(CC(=O)Nc2cnccn2)CCCC1COC(=O)[C@](O)(c1ccccc1)C1CCCCC1. The molecule has 2 aliphatic rings. The summed E-state index contributed by atoms with van der Waals surface area (Å²) < 4.78 is 6.31. The highest BCUT2D eigenvalue weighted by atomic mass is 16.6. The maximum absolute atomic E-state index is 13.4. The van der Waals surface area contributed by atoms with Crippen molar-refractivity contribution in [3.05, 3.63) is 54.5 Å². The summed E-state index contributed by atoms with van der Waals surface area (Å²) >= 11 is 0. The van der Waals surface area contributed by atoms with Gasteiger partial charge in [0.05, 0.1) is 19.8 Å². The van der Waals surface area contributed by atoms with Gasteiger partial charge in [0.25, 0.3) is 5.91 Å². The predicted octanol–water partition coefficient (Wildman–Crippen LogP) is 3.04. The number of quaternary nitrogens is 1. The van der Waals surface area contributed by atoms with Crippen molar-refractivity contribution in [2.75, 3.05) is 32.1 Å². The number of nitrogens with one attached hydrogen (secondary N) is 1. The molecule has 2 aromatic rings. The number of hydrogen-bond acceptors (Lipinski definition) is 6. The molecule has 2 unspecified atom stereocenters. The first-order chi connectivity index (χ1) is 16.4. The minimum absolute atomic E-state index is 0.0112. The Kier molecular flexibility index (Phi) is 7.58. The number of nitrogens with zero attached hydrogens (tertiary/aromatic N) is 3. The highest BCUT2D eigenvalue weighted by Gasteiger charge is 2.48. The van der Waals surface area contributed by atoms with Crippen molar-refractivity contribution in [3.8, 4) is 0 Å². The van der Waals surface area contributed by atoms with Gasteiger partial charge in [-0.2, -0.15) is 0 Å². The minimum Gasteiger partial charge on any atom is -0.457 e. The first-order valence-electron chi connectivity index (χ1n) is 12.3. The number of benzene rings is 1. The van der Waals surface area contributed by atoms with E-state index in [0.29, 0.717) is 15.9 Å². The molecule has 3 atom stereocenters. The Labute approximate surface area is 201 Å². The third-order valence-electron chi connectivity index (χ3n) is 7.55. The molecule has 1 aromatic carbocycles. The molecule has 8 heteroatoms. The summed E-state index contributed by atoms with van der Waals surface area (Å²) in [6.45, 7) is 1.25. The molecule has 1 aliphatic heterocycles. The number of aromatic nitrogens is 2. The summed E-state index contributed by atoms with van der Waals surface area (Å²) in [5.41, 5.74) is -1.05. The summed E-state index contributed by atoms with van der Waals surface area (Å²) in [4.78, 5) is 34.2. The molecule has 2 fully saturated rings. The first kappa shape index (κ1) is 24.3. The second-order valence-electron chi connectivity index (χ2n) is 9.86. The van der Waals surface area contributed by atoms with Crippen LogP contribution in [0.4, 0.5) is 5.82 Å². The van der Waals surface area contributed by atoms with E-state index in [1.165, 1.54) is 12.4 Å². The van der Waals surface area contributed by atoms with Crippen molar-refractivity contribution < 1.29 is 23.9 Å². The molecule has 2 N–H and O–H groups in total. The van der Waals surface area contributed by atoms with Crippen molar-refractivity contribution in [1.29, 1.82) is 0 Å². The first-order valence-corrected chi connectivity index (χ1v) is 12.3. The lowest BCUT2D eigenvalue weighted by Crippen LogP contribution is -2.54. The molecule has 0 radical (unpaired) electrons. The summed E-state index contributed by atoms with van der Waals surface area (Å²) in [7, 11) is 2.02. The summed E-state index contributed by atoms with van der Waals surface area (Å²) in [6.07, 6.45) is 11.2. The summed E-state index contributed by atoms with van der Waals surface area (Å²) in [5, 5.41) is 14.5. The zero-order chi connectivity index (χ0) is 24.0. The van der Waals surface area contributed by atoms with Gasteiger partial charge in [0.15, 0.2) is 18.0 Å². The Balaban J connectivity index is 1.43. The Morgan fingerprint density at radius 2 is 1.88 bits per heavy atom. The Hall–Kier alpha value is -2.84. The smallest absolute Gasteiger partial charge is 0.343 e. The number of hydrogen-bond donors (Lipinski definition) is 2. The van der Waals surface area contributed by atoms with Crippen molar-refractivity contribution >= 4 is 17.7 Å². The van der Waals surface area contributed by atoms with Gasteiger partial charge in [-0.15, -0.1) is 0 Å². The van der Waals surface area contributed by atoms with E-state index in [9.17, 15) is 14.7 Å². The van der Waals surface area contributed by atoms with Gasteiger partial charge in [0.1, 0.15) is 12.6 Å². The Bertz CT molecular complexity index is 967. The van der Waals surface area contributed by atoms with Crippen LogP contribution in [0.25, 0.3) is 0 Å². The van der Waals surface area contributed by atoms with E-state index >= 15 is 0 Å². The Morgan fingerprint density at radius 1 is 1.12 bits per heavy atom. The van der Waals surface area contributed by atoms with Crippen LogP contribution >= 0.6 is 0 Å². The van der Waals surface area contributed by atoms with E-state index in [2.05, 4.69) is 15.3 Å². The number of ether oxygens (including phenoxy) is 1. The van der Waals surface area contributed by atoms with Gasteiger partial charge < -0.3 is 19.6 Å². The molecular weight excluding hydrogens is 432 g/mol. The number of carbonyl (C=O) groups is 2. The van der Waals surface area contributed by atoms with Gasteiger partial charge in [-0.1, -0.05) is 49.6 Å². The van der Waals surface area contributed by atoms with Gasteiger partial charge in [-0.05, 0) is 18.4 Å². The number of aliphatic hydroxyl groups is 1. The van der Waals surface area contributed by atoms with Crippen LogP contribution in [0.15, 0.2) is 48.9 Å². The van der Waals surface area contributed by atoms with Crippen LogP contribution in [-0.2, 0) is 19.9 Å². The average molecular weight is 468 g/mol. The predicted molar refractivity (Wildman–Crippen MR) is 127 cm³/mol. The zero-order valence-electron chi connectivity index (χ0n) is 19.9. The molecule has 34 heavy (non-hydrogen) atoms. The largest absolute Gasteiger partial charge is 0.457 e. The standard InChI is InChI=1S/C26H34N4O4/c1-30(18-24(31)29-23-17-27-14-15-28-23)16-8-13-22(30)19-34-25(32)26(33,20-9-4-2-5-10-20)21-11-6-3-7-12-21/h2,4-5,9-10,14-15,17,21-22,33H,3,6-8,11-13,16,18-19H2,1H3/p+1/t22?,26-,30?/m0/s1. The second kappa shape index (κ2) is 10.6. The van der Waals surface area contributed by atoms with Crippen molar-refractivity contribution in [2.45, 2.75) is 56.6 Å². The molecule has 1 aromatic heterocycles. The molecule has 1 saturated heterocycles. The van der Waals surface area contributed by atoms with Gasteiger partial charge in [0.2, 0.25) is 0 Å². The molecule has 1 amide bonds. The van der Waals surface area contributed by atoms with Crippen LogP contribution in [0.3, 0.4) is 0 Å². The van der Waals surface area contributed by atoms with Gasteiger partial charge in [-0.3, -0.25) is 9.78 Å². The fraction of sp³-hybridized carbons (Fsp3) is 0.538. The van der Waals surface area contributed by atoms with Crippen LogP contribution < -0.4 is 5.32 Å². The van der Waals surface area contributed by atoms with Crippen LogP contribution in [0, 0.1) is 5.92 Å². The minimum atomic E-state index is -1.65. The van der Waals surface area contributed by atoms with E-state index < -0.39 is 11.6 Å². The van der Waals surface area contributed by atoms with Crippen molar-refractivity contribution in [3.63, 3.8) is 0 Å². The number of anilines is 1. The van der Waals surface area contributed by atoms with E-state index in [1.807, 2.05) is 37.4 Å². The number of likely N-dealkylation sites (tertiary alicyclic amines) is 1. The molecule has 1 aliphatic carbocycles. The van der Waals surface area contributed by atoms with Gasteiger partial charge in [-0.25, -0.2) is 9.78 Å². The van der Waals surface area contributed by atoms with E-state index in [4.69, 9.17) is 4.74 Å². The van der Waals surface area contributed by atoms with Crippen LogP contribution in [0.5, 0.6) is 0 Å². The van der Waals surface area contributed by atoms with E-state index in [1.54, 1.807) is 6.20 Å². The maximum Gasteiger partial charge on any atom is 0.343 e. The molecule has 2 heterocycles. The monoisotopic (exact) mass is 467 g/mol. The van der Waals surface area contributed by atoms with Crippen LogP contribution in [0.2, 0.25) is 0 Å². The summed E-state index contributed by atoms with van der Waals surface area (Å²) in [5.74, 6) is -0.461. The highest BCUT2D eigenvalue weighted by Crippen LogP contribution is 2.40. The number of carbonyl (C=O) groups excluding carboxylic acids is 2. The van der Waals surface area contributed by atoms with E-state index in [0.717, 1.165) is 51.5 Å². The highest BCUT2D eigenvalue weighted by molar-refractivity contribution is 5.90. The summed E-state index contributed by atoms with van der Waals surface area (Å²) in [6, 6.07) is 9.17. The lowest BCUT2D eigenvalue weighted by molar-refractivity contribution is -0.913. The third kappa shape index (κ3) is 5.28. The van der Waals surface area contributed by atoms with Crippen molar-refractivity contribution in [2.24, 2.45) is 5.92 Å². The number of amides is 1. The lowest BCUT2D eigenvalue weighted by Gasteiger charge is -2.38. The maximum atomic E-state index is 13.4. The number of rotatable bonds is 8. The molecule has 1 saturated carbocycles.